The van der Waals surface area contributed by atoms with Gasteiger partial charge in [-0.1, -0.05) is 67.6 Å². The van der Waals surface area contributed by atoms with Gasteiger partial charge in [0.15, 0.2) is 0 Å². The Kier molecular flexibility index (Phi) is 5.87. The molecule has 3 rings (SSSR count). The molecule has 0 aliphatic heterocycles. The molecule has 0 radical (unpaired) electrons. The van der Waals surface area contributed by atoms with E-state index in [0.717, 1.165) is 28.3 Å². The normalized spacial score (nSPS) is 11.8. The fraction of sp³-hybridized carbons (Fsp3) is 0.217. The zero-order valence-electron chi connectivity index (χ0n) is 15.6. The number of nitrogens with one attached hydrogen (secondary N) is 1. The van der Waals surface area contributed by atoms with Crippen molar-refractivity contribution in [3.63, 3.8) is 0 Å². The van der Waals surface area contributed by atoms with Crippen LogP contribution in [0.4, 0.5) is 0 Å². The number of hydrogen-bond acceptors (Lipinski definition) is 3. The molecule has 0 bridgehead atoms. The number of rotatable bonds is 6. The molecule has 0 aliphatic carbocycles. The van der Waals surface area contributed by atoms with Crippen molar-refractivity contribution >= 4 is 22.6 Å². The Hall–Kier alpha value is -3.14. The van der Waals surface area contributed by atoms with Crippen molar-refractivity contribution in [2.75, 3.05) is 0 Å². The fourth-order valence-electron chi connectivity index (χ4n) is 3.25. The van der Waals surface area contributed by atoms with Gasteiger partial charge < -0.3 is 10.1 Å². The van der Waals surface area contributed by atoms with Crippen LogP contribution in [-0.4, -0.2) is 11.9 Å². The summed E-state index contributed by atoms with van der Waals surface area (Å²) >= 11 is 0. The molecule has 1 N–H and O–H groups in total. The Balaban J connectivity index is 2.21. The second-order valence-electron chi connectivity index (χ2n) is 6.45. The molecule has 138 valence electrons. The first-order valence-corrected chi connectivity index (χ1v) is 9.14. The van der Waals surface area contributed by atoms with Crippen molar-refractivity contribution in [1.29, 1.82) is 0 Å². The molecule has 3 aromatic rings. The SMILES string of the molecule is CCCC(=O)N[C@H](c1ccccc1)c1c(OC(C)=O)ccc2ccccc12. The molecule has 0 saturated carbocycles. The molecule has 1 amide bonds. The molecule has 27 heavy (non-hydrogen) atoms. The topological polar surface area (TPSA) is 55.4 Å². The summed E-state index contributed by atoms with van der Waals surface area (Å²) < 4.78 is 5.51. The summed E-state index contributed by atoms with van der Waals surface area (Å²) in [7, 11) is 0. The lowest BCUT2D eigenvalue weighted by atomic mass is 9.92. The molecule has 0 spiro atoms. The average Bonchev–Trinajstić information content (AvgIpc) is 2.67. The molecule has 3 aromatic carbocycles. The monoisotopic (exact) mass is 361 g/mol. The molecule has 4 heteroatoms. The third-order valence-corrected chi connectivity index (χ3v) is 4.39. The molecule has 0 fully saturated rings. The summed E-state index contributed by atoms with van der Waals surface area (Å²) in [5, 5.41) is 5.09. The van der Waals surface area contributed by atoms with Crippen LogP contribution in [0.15, 0.2) is 66.7 Å². The Bertz CT molecular complexity index is 950. The summed E-state index contributed by atoms with van der Waals surface area (Å²) in [6, 6.07) is 20.9. The van der Waals surface area contributed by atoms with Crippen molar-refractivity contribution in [2.24, 2.45) is 0 Å². The van der Waals surface area contributed by atoms with Crippen LogP contribution in [-0.2, 0) is 9.59 Å². The first-order valence-electron chi connectivity index (χ1n) is 9.14. The summed E-state index contributed by atoms with van der Waals surface area (Å²) in [6.45, 7) is 3.35. The van der Waals surface area contributed by atoms with Crippen LogP contribution >= 0.6 is 0 Å². The minimum atomic E-state index is -0.411. The first kappa shape index (κ1) is 18.6. The lowest BCUT2D eigenvalue weighted by Crippen LogP contribution is -2.29. The quantitative estimate of drug-likeness (QED) is 0.508. The van der Waals surface area contributed by atoms with Crippen LogP contribution in [0.3, 0.4) is 0 Å². The molecule has 0 aromatic heterocycles. The number of ether oxygens (including phenoxy) is 1. The number of hydrogen-bond donors (Lipinski definition) is 1. The Morgan fingerprint density at radius 2 is 1.67 bits per heavy atom. The van der Waals surface area contributed by atoms with Crippen LogP contribution in [0.1, 0.15) is 43.9 Å². The van der Waals surface area contributed by atoms with Crippen LogP contribution < -0.4 is 10.1 Å². The lowest BCUT2D eigenvalue weighted by Gasteiger charge is -2.24. The molecular weight excluding hydrogens is 338 g/mol. The highest BCUT2D eigenvalue weighted by molar-refractivity contribution is 5.90. The van der Waals surface area contributed by atoms with E-state index in [-0.39, 0.29) is 5.91 Å². The van der Waals surface area contributed by atoms with Crippen molar-refractivity contribution in [1.82, 2.24) is 5.32 Å². The lowest BCUT2D eigenvalue weighted by molar-refractivity contribution is -0.131. The van der Waals surface area contributed by atoms with E-state index in [0.29, 0.717) is 12.2 Å². The Labute approximate surface area is 159 Å². The van der Waals surface area contributed by atoms with Gasteiger partial charge in [0.2, 0.25) is 5.91 Å². The van der Waals surface area contributed by atoms with Crippen molar-refractivity contribution < 1.29 is 14.3 Å². The summed E-state index contributed by atoms with van der Waals surface area (Å²) in [5.74, 6) is 0.0399. The van der Waals surface area contributed by atoms with Gasteiger partial charge in [0.25, 0.3) is 0 Å². The van der Waals surface area contributed by atoms with Gasteiger partial charge in [-0.15, -0.1) is 0 Å². The molecule has 0 aliphatic rings. The van der Waals surface area contributed by atoms with Gasteiger partial charge in [0.05, 0.1) is 6.04 Å². The molecule has 0 unspecified atom stereocenters. The number of esters is 1. The maximum Gasteiger partial charge on any atom is 0.308 e. The predicted molar refractivity (Wildman–Crippen MR) is 107 cm³/mol. The largest absolute Gasteiger partial charge is 0.426 e. The predicted octanol–water partition coefficient (Wildman–Crippen LogP) is 4.77. The molecule has 4 nitrogen and oxygen atoms in total. The van der Waals surface area contributed by atoms with Gasteiger partial charge in [0.1, 0.15) is 5.75 Å². The number of carbonyl (C=O) groups excluding carboxylic acids is 2. The number of benzene rings is 3. The zero-order chi connectivity index (χ0) is 19.2. The van der Waals surface area contributed by atoms with Crippen LogP contribution in [0.5, 0.6) is 5.75 Å². The van der Waals surface area contributed by atoms with Gasteiger partial charge in [-0.3, -0.25) is 9.59 Å². The molecule has 0 saturated heterocycles. The highest BCUT2D eigenvalue weighted by Crippen LogP contribution is 2.36. The number of amides is 1. The molecule has 1 atom stereocenters. The van der Waals surface area contributed by atoms with Gasteiger partial charge in [-0.2, -0.15) is 0 Å². The van der Waals surface area contributed by atoms with E-state index in [1.165, 1.54) is 6.92 Å². The van der Waals surface area contributed by atoms with Crippen molar-refractivity contribution in [3.05, 3.63) is 77.9 Å². The van der Waals surface area contributed by atoms with E-state index < -0.39 is 12.0 Å². The van der Waals surface area contributed by atoms with Gasteiger partial charge in [0, 0.05) is 18.9 Å². The zero-order valence-corrected chi connectivity index (χ0v) is 15.6. The molecular formula is C23H23NO3. The van der Waals surface area contributed by atoms with Crippen molar-refractivity contribution in [3.8, 4) is 5.75 Å². The average molecular weight is 361 g/mol. The van der Waals surface area contributed by atoms with E-state index in [1.54, 1.807) is 6.07 Å². The van der Waals surface area contributed by atoms with Gasteiger partial charge >= 0.3 is 5.97 Å². The van der Waals surface area contributed by atoms with E-state index >= 15 is 0 Å². The third kappa shape index (κ3) is 4.34. The highest BCUT2D eigenvalue weighted by Gasteiger charge is 2.23. The van der Waals surface area contributed by atoms with E-state index in [1.807, 2.05) is 67.6 Å². The maximum absolute atomic E-state index is 12.5. The van der Waals surface area contributed by atoms with Crippen LogP contribution in [0.25, 0.3) is 10.8 Å². The summed E-state index contributed by atoms with van der Waals surface area (Å²) in [6.07, 6.45) is 1.21. The third-order valence-electron chi connectivity index (χ3n) is 4.39. The second-order valence-corrected chi connectivity index (χ2v) is 6.45. The van der Waals surface area contributed by atoms with Crippen LogP contribution in [0, 0.1) is 0 Å². The number of fused-ring (bicyclic) bond motifs is 1. The first-order chi connectivity index (χ1) is 13.1. The smallest absolute Gasteiger partial charge is 0.308 e. The van der Waals surface area contributed by atoms with Crippen molar-refractivity contribution in [2.45, 2.75) is 32.7 Å². The fourth-order valence-corrected chi connectivity index (χ4v) is 3.25. The highest BCUT2D eigenvalue weighted by atomic mass is 16.5. The van der Waals surface area contributed by atoms with E-state index in [9.17, 15) is 9.59 Å². The molecule has 0 heterocycles. The minimum Gasteiger partial charge on any atom is -0.426 e. The van der Waals surface area contributed by atoms with Gasteiger partial charge in [-0.05, 0) is 28.8 Å². The van der Waals surface area contributed by atoms with E-state index in [4.69, 9.17) is 4.74 Å². The summed E-state index contributed by atoms with van der Waals surface area (Å²) in [4.78, 5) is 24.1. The van der Waals surface area contributed by atoms with E-state index in [2.05, 4.69) is 5.32 Å². The Morgan fingerprint density at radius 1 is 0.963 bits per heavy atom. The van der Waals surface area contributed by atoms with Gasteiger partial charge in [-0.25, -0.2) is 0 Å². The minimum absolute atomic E-state index is 0.0342. The van der Waals surface area contributed by atoms with Crippen LogP contribution in [0.2, 0.25) is 0 Å². The summed E-state index contributed by atoms with van der Waals surface area (Å²) in [5.41, 5.74) is 1.73. The standard InChI is InChI=1S/C23H23NO3/c1-3-9-21(26)24-23(18-11-5-4-6-12-18)22-19-13-8-7-10-17(19)14-15-20(22)27-16(2)25/h4-8,10-15,23H,3,9H2,1-2H3,(H,24,26)/t23-/m1/s1. The second kappa shape index (κ2) is 8.49. The maximum atomic E-state index is 12.5. The number of carbonyl (C=O) groups is 2. The Morgan fingerprint density at radius 3 is 2.37 bits per heavy atom.